The number of hydrogen-bond donors (Lipinski definition) is 2. The zero-order valence-corrected chi connectivity index (χ0v) is 19.4. The monoisotopic (exact) mass is 484 g/mol. The van der Waals surface area contributed by atoms with Gasteiger partial charge in [0.2, 0.25) is 0 Å². The van der Waals surface area contributed by atoms with Crippen molar-refractivity contribution in [3.8, 4) is 5.75 Å². The fourth-order valence-electron chi connectivity index (χ4n) is 3.65. The van der Waals surface area contributed by atoms with Gasteiger partial charge in [0.1, 0.15) is 21.4 Å². The number of halogens is 2. The third-order valence-electron chi connectivity index (χ3n) is 5.33. The lowest BCUT2D eigenvalue weighted by Crippen LogP contribution is -2.51. The summed E-state index contributed by atoms with van der Waals surface area (Å²) < 4.78 is 43.0. The number of likely N-dealkylation sites (tertiary alicyclic amines) is 1. The average molecular weight is 485 g/mol. The molecule has 0 spiro atoms. The second-order valence-electron chi connectivity index (χ2n) is 7.78. The first kappa shape index (κ1) is 24.2. The first-order valence-electron chi connectivity index (χ1n) is 10.1. The maximum absolute atomic E-state index is 14.8. The molecule has 2 aromatic rings. The zero-order valence-electron chi connectivity index (χ0n) is 17.8. The van der Waals surface area contributed by atoms with Crippen molar-refractivity contribution in [3.63, 3.8) is 0 Å². The summed E-state index contributed by atoms with van der Waals surface area (Å²) in [6, 6.07) is 7.11. The molecule has 1 aliphatic heterocycles. The molecule has 0 aliphatic carbocycles. The van der Waals surface area contributed by atoms with E-state index in [2.05, 4.69) is 15.6 Å². The van der Waals surface area contributed by atoms with Crippen LogP contribution in [0.2, 0.25) is 5.02 Å². The van der Waals surface area contributed by atoms with Crippen molar-refractivity contribution in [3.05, 3.63) is 53.1 Å². The van der Waals surface area contributed by atoms with Crippen molar-refractivity contribution < 1.29 is 22.3 Å². The Morgan fingerprint density at radius 1 is 1.34 bits per heavy atom. The number of anilines is 1. The molecule has 3 rings (SSSR count). The van der Waals surface area contributed by atoms with Crippen LogP contribution in [0.3, 0.4) is 0 Å². The first-order chi connectivity index (χ1) is 15.1. The number of nitrogens with zero attached hydrogens (tertiary/aromatic N) is 2. The molecule has 1 aliphatic rings. The van der Waals surface area contributed by atoms with E-state index in [0.29, 0.717) is 42.5 Å². The van der Waals surface area contributed by atoms with E-state index in [1.54, 1.807) is 24.3 Å². The number of hydrogen-bond acceptors (Lipinski definition) is 6. The Labute approximate surface area is 192 Å². The van der Waals surface area contributed by atoms with Crippen LogP contribution in [0.5, 0.6) is 5.75 Å². The molecule has 0 unspecified atom stereocenters. The predicted molar refractivity (Wildman–Crippen MR) is 122 cm³/mol. The summed E-state index contributed by atoms with van der Waals surface area (Å²) in [7, 11) is -1.70. The third kappa shape index (κ3) is 6.78. The minimum Gasteiger partial charge on any atom is -0.495 e. The normalized spacial score (nSPS) is 19.4. The minimum atomic E-state index is -3.13. The van der Waals surface area contributed by atoms with Crippen LogP contribution in [0.1, 0.15) is 18.0 Å². The molecule has 1 fully saturated rings. The number of pyridine rings is 1. The summed E-state index contributed by atoms with van der Waals surface area (Å²) in [4.78, 5) is 18.8. The maximum atomic E-state index is 14.8. The Kier molecular flexibility index (Phi) is 7.91. The molecule has 174 valence electrons. The molecule has 0 saturated carbocycles. The lowest BCUT2D eigenvalue weighted by Gasteiger charge is -2.38. The Balaban J connectivity index is 1.76. The van der Waals surface area contributed by atoms with E-state index in [1.807, 2.05) is 4.90 Å². The lowest BCUT2D eigenvalue weighted by atomic mass is 9.88. The summed E-state index contributed by atoms with van der Waals surface area (Å²) in [5, 5.41) is 6.21. The fourth-order valence-corrected chi connectivity index (χ4v) is 4.37. The molecule has 0 bridgehead atoms. The number of sulfone groups is 1. The molecule has 1 aromatic heterocycles. The second-order valence-corrected chi connectivity index (χ2v) is 10.5. The van der Waals surface area contributed by atoms with Crippen LogP contribution in [0.4, 0.5) is 14.9 Å². The van der Waals surface area contributed by atoms with Crippen LogP contribution in [-0.2, 0) is 9.84 Å². The number of piperidine rings is 1. The molecular weight excluding hydrogens is 459 g/mol. The first-order valence-corrected chi connectivity index (χ1v) is 12.5. The Morgan fingerprint density at radius 2 is 2.06 bits per heavy atom. The van der Waals surface area contributed by atoms with E-state index in [-0.39, 0.29) is 11.4 Å². The molecule has 32 heavy (non-hydrogen) atoms. The molecule has 8 nitrogen and oxygen atoms in total. The zero-order chi connectivity index (χ0) is 23.3. The molecule has 11 heteroatoms. The van der Waals surface area contributed by atoms with Gasteiger partial charge in [0.15, 0.2) is 0 Å². The van der Waals surface area contributed by atoms with E-state index in [4.69, 9.17) is 16.3 Å². The number of amides is 2. The van der Waals surface area contributed by atoms with Gasteiger partial charge in [0.25, 0.3) is 0 Å². The summed E-state index contributed by atoms with van der Waals surface area (Å²) in [5.74, 6) is -0.705. The number of nitrogens with one attached hydrogen (secondary N) is 2. The van der Waals surface area contributed by atoms with Gasteiger partial charge in [-0.25, -0.2) is 17.6 Å². The van der Waals surface area contributed by atoms with E-state index < -0.39 is 33.6 Å². The summed E-state index contributed by atoms with van der Waals surface area (Å²) in [5.41, 5.74) is 0.773. The molecule has 2 N–H and O–H groups in total. The molecule has 1 saturated heterocycles. The number of carbonyl (C=O) groups excluding carboxylic acids is 1. The molecule has 2 amide bonds. The largest absolute Gasteiger partial charge is 0.495 e. The van der Waals surface area contributed by atoms with Gasteiger partial charge in [0.05, 0.1) is 24.8 Å². The second kappa shape index (κ2) is 10.5. The van der Waals surface area contributed by atoms with Gasteiger partial charge >= 0.3 is 6.03 Å². The Morgan fingerprint density at radius 3 is 2.69 bits per heavy atom. The van der Waals surface area contributed by atoms with Crippen LogP contribution in [0.25, 0.3) is 0 Å². The standard InChI is InChI=1S/C21H26ClFN4O4S/c1-31-16-11-18(23)20(24-12-16)17-13-27(9-10-32(2,29)30)8-7-19(17)26-21(28)25-15-5-3-14(22)4-6-15/h3-6,11-12,17,19H,7-10,13H2,1-2H3,(H2,25,26,28)/t17-,19-/m1/s1. The van der Waals surface area contributed by atoms with Gasteiger partial charge in [-0.3, -0.25) is 4.98 Å². The van der Waals surface area contributed by atoms with Gasteiger partial charge in [-0.2, -0.15) is 0 Å². The number of benzene rings is 1. The topological polar surface area (TPSA) is 101 Å². The van der Waals surface area contributed by atoms with Gasteiger partial charge in [0, 0.05) is 54.6 Å². The number of carbonyl (C=O) groups is 1. The van der Waals surface area contributed by atoms with Crippen molar-refractivity contribution >= 4 is 33.2 Å². The SMILES string of the molecule is COc1cnc([C@@H]2CN(CCS(C)(=O)=O)CC[C@H]2NC(=O)Nc2ccc(Cl)cc2)c(F)c1. The number of ether oxygens (including phenoxy) is 1. The third-order valence-corrected chi connectivity index (χ3v) is 6.50. The Hall–Kier alpha value is -2.43. The van der Waals surface area contributed by atoms with Crippen molar-refractivity contribution in [1.82, 2.24) is 15.2 Å². The maximum Gasteiger partial charge on any atom is 0.319 e. The van der Waals surface area contributed by atoms with Gasteiger partial charge in [-0.15, -0.1) is 0 Å². The quantitative estimate of drug-likeness (QED) is 0.626. The number of aromatic nitrogens is 1. The van der Waals surface area contributed by atoms with Crippen LogP contribution < -0.4 is 15.4 Å². The van der Waals surface area contributed by atoms with Crippen molar-refractivity contribution in [1.29, 1.82) is 0 Å². The Bertz CT molecular complexity index is 1050. The summed E-state index contributed by atoms with van der Waals surface area (Å²) >= 11 is 5.87. The molecular formula is C21H26ClFN4O4S. The van der Waals surface area contributed by atoms with Crippen LogP contribution in [0.15, 0.2) is 36.5 Å². The van der Waals surface area contributed by atoms with Crippen molar-refractivity contribution in [2.75, 3.05) is 44.1 Å². The van der Waals surface area contributed by atoms with Crippen molar-refractivity contribution in [2.45, 2.75) is 18.4 Å². The highest BCUT2D eigenvalue weighted by Crippen LogP contribution is 2.29. The van der Waals surface area contributed by atoms with Gasteiger partial charge in [-0.05, 0) is 30.7 Å². The fraction of sp³-hybridized carbons (Fsp3) is 0.429. The average Bonchev–Trinajstić information content (AvgIpc) is 2.74. The van der Waals surface area contributed by atoms with Crippen LogP contribution in [-0.4, -0.2) is 69.1 Å². The lowest BCUT2D eigenvalue weighted by molar-refractivity contribution is 0.178. The highest BCUT2D eigenvalue weighted by molar-refractivity contribution is 7.90. The van der Waals surface area contributed by atoms with E-state index in [1.165, 1.54) is 25.6 Å². The van der Waals surface area contributed by atoms with Crippen LogP contribution in [0, 0.1) is 5.82 Å². The number of methoxy groups -OCH3 is 1. The minimum absolute atomic E-state index is 0.00733. The van der Waals surface area contributed by atoms with Crippen molar-refractivity contribution in [2.24, 2.45) is 0 Å². The van der Waals surface area contributed by atoms with Gasteiger partial charge < -0.3 is 20.3 Å². The van der Waals surface area contributed by atoms with Gasteiger partial charge in [-0.1, -0.05) is 11.6 Å². The summed E-state index contributed by atoms with van der Waals surface area (Å²) in [6.07, 6.45) is 3.12. The highest BCUT2D eigenvalue weighted by atomic mass is 35.5. The molecule has 0 radical (unpaired) electrons. The molecule has 2 atom stereocenters. The number of urea groups is 1. The smallest absolute Gasteiger partial charge is 0.319 e. The summed E-state index contributed by atoms with van der Waals surface area (Å²) in [6.45, 7) is 1.25. The van der Waals surface area contributed by atoms with E-state index in [9.17, 15) is 17.6 Å². The highest BCUT2D eigenvalue weighted by Gasteiger charge is 2.34. The van der Waals surface area contributed by atoms with Crippen LogP contribution >= 0.6 is 11.6 Å². The predicted octanol–water partition coefficient (Wildman–Crippen LogP) is 2.91. The molecule has 1 aromatic carbocycles. The number of rotatable bonds is 7. The van der Waals surface area contributed by atoms with E-state index in [0.717, 1.165) is 0 Å². The van der Waals surface area contributed by atoms with E-state index >= 15 is 0 Å². The molecule has 2 heterocycles.